The molecule has 17 rings (SSSR count). The summed E-state index contributed by atoms with van der Waals surface area (Å²) < 4.78 is 6.66. The van der Waals surface area contributed by atoms with E-state index in [-0.39, 0.29) is 5.41 Å². The third kappa shape index (κ3) is 7.42. The minimum Gasteiger partial charge on any atom is -0.456 e. The van der Waals surface area contributed by atoms with E-state index >= 15 is 0 Å². The first kappa shape index (κ1) is 48.1. The van der Waals surface area contributed by atoms with Gasteiger partial charge in [-0.3, -0.25) is 0 Å². The maximum absolute atomic E-state index is 6.66. The van der Waals surface area contributed by atoms with Gasteiger partial charge in [0.2, 0.25) is 0 Å². The molecule has 0 saturated heterocycles. The monoisotopic (exact) mass is 1070 g/mol. The van der Waals surface area contributed by atoms with Crippen molar-refractivity contribution in [2.24, 2.45) is 0 Å². The smallest absolute Gasteiger partial charge is 0.136 e. The molecule has 16 aromatic rings. The SMILES string of the molecule is CC1(C)c2ccccc2-c2ccc(-c3c4ccccc4c(-c4cccc(-c5ccccc5)c4)c4ccc(-c5ccc6c(-c7ccccc7)c7cc(-c8ccccc8)ccc7c(-c7ccc8oc9ccc%10ccccc%10c9c8c7)c6c5)cc34)cc21. The van der Waals surface area contributed by atoms with E-state index in [4.69, 9.17) is 4.42 Å². The number of fused-ring (bicyclic) bond motifs is 12. The molecule has 0 bridgehead atoms. The van der Waals surface area contributed by atoms with E-state index in [9.17, 15) is 0 Å². The van der Waals surface area contributed by atoms with Crippen molar-refractivity contribution in [1.29, 1.82) is 0 Å². The first-order valence-corrected chi connectivity index (χ1v) is 29.3. The van der Waals surface area contributed by atoms with E-state index < -0.39 is 0 Å². The van der Waals surface area contributed by atoms with Gasteiger partial charge in [0.1, 0.15) is 11.2 Å². The molecule has 0 atom stereocenters. The van der Waals surface area contributed by atoms with Crippen LogP contribution >= 0.6 is 0 Å². The molecule has 1 aromatic heterocycles. The van der Waals surface area contributed by atoms with Crippen molar-refractivity contribution in [2.75, 3.05) is 0 Å². The van der Waals surface area contributed by atoms with Gasteiger partial charge in [-0.2, -0.15) is 0 Å². The van der Waals surface area contributed by atoms with Crippen molar-refractivity contribution < 1.29 is 4.42 Å². The lowest BCUT2D eigenvalue weighted by atomic mass is 9.80. The van der Waals surface area contributed by atoms with Crippen molar-refractivity contribution in [3.8, 4) is 89.0 Å². The van der Waals surface area contributed by atoms with Crippen LogP contribution in [0.4, 0.5) is 0 Å². The molecular formula is C83H54O. The van der Waals surface area contributed by atoms with Crippen LogP contribution in [-0.2, 0) is 5.41 Å². The van der Waals surface area contributed by atoms with Gasteiger partial charge in [0.15, 0.2) is 0 Å². The van der Waals surface area contributed by atoms with Gasteiger partial charge in [-0.25, -0.2) is 0 Å². The summed E-state index contributed by atoms with van der Waals surface area (Å²) in [5, 5.41) is 14.4. The van der Waals surface area contributed by atoms with E-state index in [1.165, 1.54) is 137 Å². The first-order chi connectivity index (χ1) is 41.4. The van der Waals surface area contributed by atoms with E-state index in [1.54, 1.807) is 0 Å². The predicted molar refractivity (Wildman–Crippen MR) is 357 cm³/mol. The molecule has 0 N–H and O–H groups in total. The molecule has 1 heterocycles. The largest absolute Gasteiger partial charge is 0.456 e. The highest BCUT2D eigenvalue weighted by Gasteiger charge is 2.35. The lowest BCUT2D eigenvalue weighted by Crippen LogP contribution is -2.14. The molecular weight excluding hydrogens is 1010 g/mol. The van der Waals surface area contributed by atoms with Gasteiger partial charge in [0.25, 0.3) is 0 Å². The van der Waals surface area contributed by atoms with Crippen LogP contribution in [0.15, 0.2) is 296 Å². The number of hydrogen-bond acceptors (Lipinski definition) is 1. The minimum absolute atomic E-state index is 0.158. The molecule has 1 aliphatic carbocycles. The molecule has 0 fully saturated rings. The third-order valence-electron chi connectivity index (χ3n) is 18.4. The topological polar surface area (TPSA) is 13.1 Å². The molecule has 1 nitrogen and oxygen atoms in total. The Morgan fingerprint density at radius 1 is 0.226 bits per heavy atom. The van der Waals surface area contributed by atoms with Crippen molar-refractivity contribution >= 4 is 75.8 Å². The van der Waals surface area contributed by atoms with Gasteiger partial charge < -0.3 is 4.42 Å². The Labute approximate surface area is 488 Å². The van der Waals surface area contributed by atoms with Gasteiger partial charge in [0.05, 0.1) is 0 Å². The maximum Gasteiger partial charge on any atom is 0.136 e. The second kappa shape index (κ2) is 18.7. The minimum atomic E-state index is -0.158. The van der Waals surface area contributed by atoms with Crippen LogP contribution in [0.3, 0.4) is 0 Å². The number of hydrogen-bond donors (Lipinski definition) is 0. The molecule has 15 aromatic carbocycles. The lowest BCUT2D eigenvalue weighted by molar-refractivity contribution is 0.660. The normalized spacial score (nSPS) is 12.7. The highest BCUT2D eigenvalue weighted by Crippen LogP contribution is 2.53. The van der Waals surface area contributed by atoms with Crippen molar-refractivity contribution in [3.05, 3.63) is 302 Å². The van der Waals surface area contributed by atoms with Gasteiger partial charge in [-0.1, -0.05) is 257 Å². The molecule has 1 aliphatic rings. The van der Waals surface area contributed by atoms with Crippen LogP contribution in [0, 0.1) is 0 Å². The standard InChI is InChI=1S/C83H54O/c1-83(2)74-32-17-16-29-63(74)64-39-36-61(50-75(64)83)81-66-31-15-14-30-65(66)79(59-27-18-26-55(45-59)51-19-6-3-7-20-51)68-42-35-58(48-72(68)81)57-34-41-67-71(47-57)80(60-38-43-76-73(49-60)82-62-28-13-12-23-53(62)37-44-77(82)84-76)69-40-33-56(52-21-8-4-9-22-52)46-70(69)78(67)54-24-10-5-11-25-54/h3-50H,1-2H3. The van der Waals surface area contributed by atoms with Gasteiger partial charge in [0, 0.05) is 16.2 Å². The van der Waals surface area contributed by atoms with Crippen LogP contribution in [0.1, 0.15) is 25.0 Å². The Hall–Kier alpha value is -10.6. The molecule has 0 unspecified atom stereocenters. The van der Waals surface area contributed by atoms with Crippen LogP contribution in [-0.4, -0.2) is 0 Å². The average molecular weight is 1070 g/mol. The Morgan fingerprint density at radius 2 is 0.631 bits per heavy atom. The summed E-state index contributed by atoms with van der Waals surface area (Å²) in [6.07, 6.45) is 0. The highest BCUT2D eigenvalue weighted by atomic mass is 16.3. The fourth-order valence-electron chi connectivity index (χ4n) is 14.5. The maximum atomic E-state index is 6.66. The molecule has 0 spiro atoms. The summed E-state index contributed by atoms with van der Waals surface area (Å²) in [6, 6.07) is 108. The second-order valence-electron chi connectivity index (χ2n) is 23.4. The van der Waals surface area contributed by atoms with Crippen molar-refractivity contribution in [2.45, 2.75) is 19.3 Å². The zero-order chi connectivity index (χ0) is 55.6. The first-order valence-electron chi connectivity index (χ1n) is 29.3. The highest BCUT2D eigenvalue weighted by molar-refractivity contribution is 6.26. The van der Waals surface area contributed by atoms with Gasteiger partial charge in [-0.15, -0.1) is 0 Å². The summed E-state index contributed by atoms with van der Waals surface area (Å²) in [6.45, 7) is 4.78. The van der Waals surface area contributed by atoms with E-state index in [0.717, 1.165) is 38.6 Å². The summed E-state index contributed by atoms with van der Waals surface area (Å²) >= 11 is 0. The van der Waals surface area contributed by atoms with Crippen LogP contribution in [0.5, 0.6) is 0 Å². The zero-order valence-electron chi connectivity index (χ0n) is 46.6. The summed E-state index contributed by atoms with van der Waals surface area (Å²) in [5.74, 6) is 0. The molecule has 0 saturated carbocycles. The third-order valence-corrected chi connectivity index (χ3v) is 18.4. The average Bonchev–Trinajstić information content (AvgIpc) is 1.23. The predicted octanol–water partition coefficient (Wildman–Crippen LogP) is 23.3. The summed E-state index contributed by atoms with van der Waals surface area (Å²) in [7, 11) is 0. The van der Waals surface area contributed by atoms with Gasteiger partial charge in [-0.05, 0) is 203 Å². The molecule has 0 amide bonds. The Kier molecular flexibility index (Phi) is 10.7. The molecule has 0 radical (unpaired) electrons. The number of rotatable bonds is 7. The second-order valence-corrected chi connectivity index (χ2v) is 23.4. The summed E-state index contributed by atoms with van der Waals surface area (Å²) in [4.78, 5) is 0. The quantitative estimate of drug-likeness (QED) is 0.145. The molecule has 1 heteroatoms. The van der Waals surface area contributed by atoms with Gasteiger partial charge >= 0.3 is 0 Å². The van der Waals surface area contributed by atoms with Crippen LogP contribution < -0.4 is 0 Å². The Balaban J connectivity index is 0.953. The number of furan rings is 1. The van der Waals surface area contributed by atoms with E-state index in [0.29, 0.717) is 0 Å². The van der Waals surface area contributed by atoms with E-state index in [1.807, 2.05) is 0 Å². The Morgan fingerprint density at radius 3 is 1.27 bits per heavy atom. The van der Waals surface area contributed by atoms with Crippen LogP contribution in [0.2, 0.25) is 0 Å². The molecule has 392 valence electrons. The molecule has 0 aliphatic heterocycles. The number of benzene rings is 15. The summed E-state index contributed by atoms with van der Waals surface area (Å²) in [5.41, 5.74) is 23.8. The lowest BCUT2D eigenvalue weighted by Gasteiger charge is -2.23. The Bertz CT molecular complexity index is 5370. The molecule has 84 heavy (non-hydrogen) atoms. The van der Waals surface area contributed by atoms with Crippen LogP contribution in [0.25, 0.3) is 165 Å². The fraction of sp³-hybridized carbons (Fsp3) is 0.0361. The fourth-order valence-corrected chi connectivity index (χ4v) is 14.5. The van der Waals surface area contributed by atoms with Crippen molar-refractivity contribution in [1.82, 2.24) is 0 Å². The zero-order valence-corrected chi connectivity index (χ0v) is 46.6. The van der Waals surface area contributed by atoms with E-state index in [2.05, 4.69) is 305 Å². The van der Waals surface area contributed by atoms with Crippen molar-refractivity contribution in [3.63, 3.8) is 0 Å².